The lowest BCUT2D eigenvalue weighted by atomic mass is 10.1. The number of hydrogen-bond acceptors (Lipinski definition) is 3. The van der Waals surface area contributed by atoms with E-state index in [0.717, 1.165) is 34.4 Å². The van der Waals surface area contributed by atoms with Crippen LogP contribution in [0.1, 0.15) is 23.7 Å². The third kappa shape index (κ3) is 2.08. The molecule has 1 aliphatic heterocycles. The van der Waals surface area contributed by atoms with E-state index in [1.165, 1.54) is 0 Å². The Bertz CT molecular complexity index is 1030. The zero-order chi connectivity index (χ0) is 16.8. The first-order valence-corrected chi connectivity index (χ1v) is 7.88. The van der Waals surface area contributed by atoms with Gasteiger partial charge in [-0.05, 0) is 36.6 Å². The van der Waals surface area contributed by atoms with Gasteiger partial charge in [-0.2, -0.15) is 5.26 Å². The number of carbonyl (C=O) groups is 1. The minimum absolute atomic E-state index is 0.0389. The quantitative estimate of drug-likeness (QED) is 0.693. The largest absolute Gasteiger partial charge is 0.312 e. The lowest BCUT2D eigenvalue weighted by Crippen LogP contribution is -2.25. The maximum atomic E-state index is 11.8. The number of rotatable bonds is 1. The summed E-state index contributed by atoms with van der Waals surface area (Å²) < 4.78 is 1.82. The van der Waals surface area contributed by atoms with Gasteiger partial charge in [-0.1, -0.05) is 18.2 Å². The van der Waals surface area contributed by atoms with Gasteiger partial charge in [-0.15, -0.1) is 0 Å². The van der Waals surface area contributed by atoms with Gasteiger partial charge in [0.15, 0.2) is 5.69 Å². The number of fused-ring (bicyclic) bond motifs is 2. The smallest absolute Gasteiger partial charge is 0.223 e. The highest BCUT2D eigenvalue weighted by Gasteiger charge is 2.24. The van der Waals surface area contributed by atoms with Crippen LogP contribution in [0.4, 0.5) is 5.69 Å². The molecule has 0 spiro atoms. The van der Waals surface area contributed by atoms with Gasteiger partial charge < -0.3 is 4.90 Å². The van der Waals surface area contributed by atoms with Crippen LogP contribution in [-0.4, -0.2) is 21.8 Å². The Hall–Kier alpha value is -3.13. The van der Waals surface area contributed by atoms with Crippen LogP contribution < -0.4 is 4.90 Å². The number of hydrogen-bond donors (Lipinski definition) is 0. The van der Waals surface area contributed by atoms with Crippen molar-refractivity contribution in [2.24, 2.45) is 0 Å². The molecule has 0 aliphatic carbocycles. The van der Waals surface area contributed by atoms with E-state index in [0.29, 0.717) is 17.9 Å². The van der Waals surface area contributed by atoms with Crippen LogP contribution in [-0.2, 0) is 11.2 Å². The van der Waals surface area contributed by atoms with Crippen molar-refractivity contribution in [2.75, 3.05) is 11.4 Å². The van der Waals surface area contributed by atoms with Gasteiger partial charge in [0.1, 0.15) is 17.4 Å². The van der Waals surface area contributed by atoms with Crippen molar-refractivity contribution in [3.63, 3.8) is 0 Å². The van der Waals surface area contributed by atoms with Crippen molar-refractivity contribution >= 4 is 17.2 Å². The highest BCUT2D eigenvalue weighted by Crippen LogP contribution is 2.34. The molecule has 0 atom stereocenters. The van der Waals surface area contributed by atoms with Gasteiger partial charge in [0, 0.05) is 30.9 Å². The summed E-state index contributed by atoms with van der Waals surface area (Å²) >= 11 is 0. The number of aromatic nitrogens is 2. The number of carbonyl (C=O) groups excluding carboxylic acids is 1. The third-order valence-corrected chi connectivity index (χ3v) is 4.51. The Morgan fingerprint density at radius 3 is 2.88 bits per heavy atom. The number of amides is 1. The summed E-state index contributed by atoms with van der Waals surface area (Å²) in [5.74, 6) is 0.0389. The average molecular weight is 316 g/mol. The molecule has 3 heterocycles. The molecule has 3 aromatic rings. The lowest BCUT2D eigenvalue weighted by Gasteiger charge is -2.15. The topological polar surface area (TPSA) is 61.4 Å². The van der Waals surface area contributed by atoms with Gasteiger partial charge in [0.2, 0.25) is 5.91 Å². The molecule has 4 rings (SSSR count). The van der Waals surface area contributed by atoms with Crippen LogP contribution in [0.2, 0.25) is 0 Å². The highest BCUT2D eigenvalue weighted by atomic mass is 16.2. The lowest BCUT2D eigenvalue weighted by molar-refractivity contribution is -0.116. The second-order valence-corrected chi connectivity index (χ2v) is 6.12. The van der Waals surface area contributed by atoms with Gasteiger partial charge >= 0.3 is 0 Å². The van der Waals surface area contributed by atoms with Gasteiger partial charge in [0.25, 0.3) is 0 Å². The number of aryl methyl sites for hydroxylation is 1. The SMILES string of the molecule is CC(=O)N1CCc2ccc(-c3nc4ccc(C)cn4c3C#N)cc21. The van der Waals surface area contributed by atoms with Gasteiger partial charge in [0.05, 0.1) is 0 Å². The van der Waals surface area contributed by atoms with E-state index >= 15 is 0 Å². The number of anilines is 1. The Morgan fingerprint density at radius 2 is 2.12 bits per heavy atom. The van der Waals surface area contributed by atoms with E-state index in [1.54, 1.807) is 11.8 Å². The summed E-state index contributed by atoms with van der Waals surface area (Å²) in [4.78, 5) is 18.2. The molecule has 5 nitrogen and oxygen atoms in total. The number of benzene rings is 1. The van der Waals surface area contributed by atoms with E-state index in [-0.39, 0.29) is 5.91 Å². The first-order chi connectivity index (χ1) is 11.6. The maximum Gasteiger partial charge on any atom is 0.223 e. The summed E-state index contributed by atoms with van der Waals surface area (Å²) in [6.45, 7) is 4.28. The van der Waals surface area contributed by atoms with Crippen molar-refractivity contribution in [1.82, 2.24) is 9.38 Å². The fourth-order valence-electron chi connectivity index (χ4n) is 3.31. The summed E-state index contributed by atoms with van der Waals surface area (Å²) in [5, 5.41) is 9.62. The minimum Gasteiger partial charge on any atom is -0.312 e. The van der Waals surface area contributed by atoms with Crippen LogP contribution >= 0.6 is 0 Å². The van der Waals surface area contributed by atoms with Crippen LogP contribution in [0.3, 0.4) is 0 Å². The molecule has 5 heteroatoms. The fraction of sp³-hybridized carbons (Fsp3) is 0.211. The van der Waals surface area contributed by atoms with Crippen molar-refractivity contribution in [2.45, 2.75) is 20.3 Å². The predicted molar refractivity (Wildman–Crippen MR) is 91.8 cm³/mol. The van der Waals surface area contributed by atoms with E-state index in [2.05, 4.69) is 11.1 Å². The molecule has 24 heavy (non-hydrogen) atoms. The average Bonchev–Trinajstić information content (AvgIpc) is 3.14. The molecule has 0 unspecified atom stereocenters. The van der Waals surface area contributed by atoms with E-state index in [4.69, 9.17) is 0 Å². The maximum absolute atomic E-state index is 11.8. The van der Waals surface area contributed by atoms with Crippen molar-refractivity contribution in [1.29, 1.82) is 5.26 Å². The molecule has 0 N–H and O–H groups in total. The molecule has 1 aromatic carbocycles. The summed E-state index contributed by atoms with van der Waals surface area (Å²) in [6.07, 6.45) is 2.78. The molecule has 1 aliphatic rings. The highest BCUT2D eigenvalue weighted by molar-refractivity contribution is 5.94. The van der Waals surface area contributed by atoms with Crippen molar-refractivity contribution < 1.29 is 4.79 Å². The van der Waals surface area contributed by atoms with Gasteiger partial charge in [-0.3, -0.25) is 9.20 Å². The Labute approximate surface area is 139 Å². The molecule has 118 valence electrons. The number of nitriles is 1. The molecular weight excluding hydrogens is 300 g/mol. The summed E-state index contributed by atoms with van der Waals surface area (Å²) in [7, 11) is 0. The first kappa shape index (κ1) is 14.5. The number of imidazole rings is 1. The third-order valence-electron chi connectivity index (χ3n) is 4.51. The van der Waals surface area contributed by atoms with E-state index < -0.39 is 0 Å². The molecule has 0 saturated carbocycles. The molecule has 0 radical (unpaired) electrons. The predicted octanol–water partition coefficient (Wildman–Crippen LogP) is 3.09. The van der Waals surface area contributed by atoms with Crippen LogP contribution in [0.15, 0.2) is 36.5 Å². The van der Waals surface area contributed by atoms with Crippen molar-refractivity contribution in [3.8, 4) is 17.3 Å². The van der Waals surface area contributed by atoms with Gasteiger partial charge in [-0.25, -0.2) is 4.98 Å². The van der Waals surface area contributed by atoms with Crippen LogP contribution in [0.25, 0.3) is 16.9 Å². The molecule has 2 aromatic heterocycles. The number of pyridine rings is 1. The molecule has 1 amide bonds. The van der Waals surface area contributed by atoms with Crippen molar-refractivity contribution in [3.05, 3.63) is 53.3 Å². The van der Waals surface area contributed by atoms with Crippen LogP contribution in [0, 0.1) is 18.3 Å². The zero-order valence-corrected chi connectivity index (χ0v) is 13.6. The normalized spacial score (nSPS) is 13.1. The molecular formula is C19H16N4O. The summed E-state index contributed by atoms with van der Waals surface area (Å²) in [6, 6.07) is 12.1. The zero-order valence-electron chi connectivity index (χ0n) is 13.6. The molecule has 0 saturated heterocycles. The summed E-state index contributed by atoms with van der Waals surface area (Å²) in [5.41, 5.74) is 5.93. The Morgan fingerprint density at radius 1 is 1.29 bits per heavy atom. The van der Waals surface area contributed by atoms with Crippen LogP contribution in [0.5, 0.6) is 0 Å². The van der Waals surface area contributed by atoms with E-state index in [1.807, 2.05) is 47.9 Å². The second kappa shape index (κ2) is 5.20. The number of nitrogens with zero attached hydrogens (tertiary/aromatic N) is 4. The Kier molecular flexibility index (Phi) is 3.14. The fourth-order valence-corrected chi connectivity index (χ4v) is 3.31. The monoisotopic (exact) mass is 316 g/mol. The molecule has 0 bridgehead atoms. The minimum atomic E-state index is 0.0389. The standard InChI is InChI=1S/C19H16N4O/c1-12-3-6-18-21-19(17(10-20)23(18)11-12)15-5-4-14-7-8-22(13(2)24)16(14)9-15/h3-6,9,11H,7-8H2,1-2H3. The second-order valence-electron chi connectivity index (χ2n) is 6.12. The first-order valence-electron chi connectivity index (χ1n) is 7.88. The van der Waals surface area contributed by atoms with E-state index in [9.17, 15) is 10.1 Å². The molecule has 0 fully saturated rings. The Balaban J connectivity index is 1.92.